The first-order valence-electron chi connectivity index (χ1n) is 9.34. The third-order valence-corrected chi connectivity index (χ3v) is 5.51. The molecule has 1 fully saturated rings. The van der Waals surface area contributed by atoms with Crippen LogP contribution in [0.4, 0.5) is 13.2 Å². The second kappa shape index (κ2) is 8.58. The number of thioether (sulfide) groups is 1. The van der Waals surface area contributed by atoms with Crippen molar-refractivity contribution < 1.29 is 26.8 Å². The van der Waals surface area contributed by atoms with Gasteiger partial charge in [0.1, 0.15) is 23.9 Å². The van der Waals surface area contributed by atoms with Gasteiger partial charge in [-0.2, -0.15) is 13.2 Å². The Hall–Kier alpha value is -2.69. The van der Waals surface area contributed by atoms with Gasteiger partial charge in [0.2, 0.25) is 5.91 Å². The summed E-state index contributed by atoms with van der Waals surface area (Å²) in [7, 11) is 0. The summed E-state index contributed by atoms with van der Waals surface area (Å²) in [6.07, 6.45) is 0.448. The van der Waals surface area contributed by atoms with Crippen molar-refractivity contribution >= 4 is 17.7 Å². The number of carbonyl (C=O) groups excluding carboxylic acids is 1. The van der Waals surface area contributed by atoms with E-state index in [1.807, 2.05) is 10.6 Å². The fraction of sp³-hybridized carbons (Fsp3) is 0.421. The molecule has 4 rings (SSSR count). The first-order chi connectivity index (χ1) is 14.4. The summed E-state index contributed by atoms with van der Waals surface area (Å²) < 4.78 is 51.3. The fourth-order valence-electron chi connectivity index (χ4n) is 3.01. The van der Waals surface area contributed by atoms with Crippen LogP contribution in [0.2, 0.25) is 0 Å². The Balaban J connectivity index is 1.46. The lowest BCUT2D eigenvalue weighted by molar-refractivity contribution is -0.161. The summed E-state index contributed by atoms with van der Waals surface area (Å²) in [5.41, 5.74) is 0. The van der Waals surface area contributed by atoms with Gasteiger partial charge >= 0.3 is 6.18 Å². The molecule has 0 bridgehead atoms. The predicted octanol–water partition coefficient (Wildman–Crippen LogP) is 4.07. The van der Waals surface area contributed by atoms with Crippen LogP contribution < -0.4 is 0 Å². The maximum atomic E-state index is 13.0. The van der Waals surface area contributed by atoms with Gasteiger partial charge in [-0.05, 0) is 37.1 Å². The number of rotatable bonds is 9. The van der Waals surface area contributed by atoms with E-state index in [1.54, 1.807) is 18.4 Å². The van der Waals surface area contributed by atoms with E-state index in [0.29, 0.717) is 23.4 Å². The molecule has 0 N–H and O–H groups in total. The van der Waals surface area contributed by atoms with Crippen molar-refractivity contribution in [2.24, 2.45) is 0 Å². The minimum Gasteiger partial charge on any atom is -0.467 e. The number of carbonyl (C=O) groups is 1. The lowest BCUT2D eigenvalue weighted by Crippen LogP contribution is -2.39. The molecule has 1 saturated carbocycles. The summed E-state index contributed by atoms with van der Waals surface area (Å²) in [5, 5.41) is 8.87. The van der Waals surface area contributed by atoms with Gasteiger partial charge in [-0.25, -0.2) is 0 Å². The van der Waals surface area contributed by atoms with E-state index in [1.165, 1.54) is 12.3 Å². The number of aromatic nitrogens is 3. The Labute approximate surface area is 174 Å². The average molecular weight is 440 g/mol. The Bertz CT molecular complexity index is 966. The summed E-state index contributed by atoms with van der Waals surface area (Å²) in [5.74, 6) is 1.27. The van der Waals surface area contributed by atoms with E-state index in [2.05, 4.69) is 10.2 Å². The van der Waals surface area contributed by atoms with E-state index in [9.17, 15) is 18.0 Å². The highest BCUT2D eigenvalue weighted by atomic mass is 32.2. The number of hydrogen-bond acceptors (Lipinski definition) is 6. The Morgan fingerprint density at radius 1 is 1.17 bits per heavy atom. The minimum atomic E-state index is -4.51. The van der Waals surface area contributed by atoms with E-state index >= 15 is 0 Å². The summed E-state index contributed by atoms with van der Waals surface area (Å²) in [4.78, 5) is 13.3. The van der Waals surface area contributed by atoms with E-state index in [0.717, 1.165) is 35.3 Å². The van der Waals surface area contributed by atoms with E-state index in [4.69, 9.17) is 8.83 Å². The van der Waals surface area contributed by atoms with Gasteiger partial charge in [-0.3, -0.25) is 9.36 Å². The standard InChI is InChI=1S/C19H19F3N4O3S/c20-19(21,22)12-25(9-14-3-1-7-28-14)16(27)11-30-18-24-23-17(13-5-6-13)26(18)10-15-4-2-8-29-15/h1-4,7-8,13H,5-6,9-12H2. The molecule has 0 radical (unpaired) electrons. The van der Waals surface area contributed by atoms with Crippen molar-refractivity contribution in [2.45, 2.75) is 43.2 Å². The quantitative estimate of drug-likeness (QED) is 0.467. The third kappa shape index (κ3) is 5.26. The van der Waals surface area contributed by atoms with Crippen molar-refractivity contribution in [2.75, 3.05) is 12.3 Å². The monoisotopic (exact) mass is 440 g/mol. The summed E-state index contributed by atoms with van der Waals surface area (Å²) in [6, 6.07) is 6.70. The Morgan fingerprint density at radius 3 is 2.47 bits per heavy atom. The Kier molecular flexibility index (Phi) is 5.89. The van der Waals surface area contributed by atoms with Crippen LogP contribution in [-0.4, -0.2) is 44.0 Å². The number of halogens is 3. The molecular formula is C19H19F3N4O3S. The average Bonchev–Trinajstić information content (AvgIpc) is 3.09. The van der Waals surface area contributed by atoms with Gasteiger partial charge < -0.3 is 13.7 Å². The molecule has 30 heavy (non-hydrogen) atoms. The fourth-order valence-corrected chi connectivity index (χ4v) is 3.86. The molecule has 1 aliphatic rings. The molecule has 7 nitrogen and oxygen atoms in total. The van der Waals surface area contributed by atoms with Crippen LogP contribution >= 0.6 is 11.8 Å². The molecule has 1 aliphatic carbocycles. The second-order valence-electron chi connectivity index (χ2n) is 7.01. The van der Waals surface area contributed by atoms with E-state index in [-0.39, 0.29) is 18.1 Å². The normalized spacial score (nSPS) is 14.2. The number of nitrogens with zero attached hydrogens (tertiary/aromatic N) is 4. The molecule has 0 aromatic carbocycles. The molecule has 0 atom stereocenters. The largest absolute Gasteiger partial charge is 0.467 e. The van der Waals surface area contributed by atoms with Crippen LogP contribution in [0, 0.1) is 0 Å². The first kappa shape index (κ1) is 20.6. The molecule has 0 aliphatic heterocycles. The summed E-state index contributed by atoms with van der Waals surface area (Å²) >= 11 is 1.07. The SMILES string of the molecule is O=C(CSc1nnc(C2CC2)n1Cc1ccco1)N(Cc1ccco1)CC(F)(F)F. The van der Waals surface area contributed by atoms with Gasteiger partial charge in [0.25, 0.3) is 0 Å². The smallest absolute Gasteiger partial charge is 0.406 e. The molecule has 0 spiro atoms. The highest BCUT2D eigenvalue weighted by Gasteiger charge is 2.34. The highest BCUT2D eigenvalue weighted by molar-refractivity contribution is 7.99. The van der Waals surface area contributed by atoms with Crippen LogP contribution in [0.25, 0.3) is 0 Å². The van der Waals surface area contributed by atoms with Gasteiger partial charge in [-0.1, -0.05) is 11.8 Å². The lowest BCUT2D eigenvalue weighted by Gasteiger charge is -2.22. The maximum absolute atomic E-state index is 13.0. The van der Waals surface area contributed by atoms with Gasteiger partial charge in [-0.15, -0.1) is 10.2 Å². The van der Waals surface area contributed by atoms with Crippen LogP contribution in [-0.2, 0) is 17.9 Å². The number of hydrogen-bond donors (Lipinski definition) is 0. The van der Waals surface area contributed by atoms with Crippen molar-refractivity contribution in [1.29, 1.82) is 0 Å². The number of alkyl halides is 3. The Morgan fingerprint density at radius 2 is 1.87 bits per heavy atom. The molecule has 3 heterocycles. The maximum Gasteiger partial charge on any atom is 0.406 e. The van der Waals surface area contributed by atoms with Crippen LogP contribution in [0.5, 0.6) is 0 Å². The lowest BCUT2D eigenvalue weighted by atomic mass is 10.3. The van der Waals surface area contributed by atoms with Gasteiger partial charge in [0, 0.05) is 5.92 Å². The molecule has 3 aromatic rings. The highest BCUT2D eigenvalue weighted by Crippen LogP contribution is 2.40. The number of amides is 1. The summed E-state index contributed by atoms with van der Waals surface area (Å²) in [6.45, 7) is -1.20. The molecule has 160 valence electrons. The van der Waals surface area contributed by atoms with Crippen LogP contribution in [0.3, 0.4) is 0 Å². The van der Waals surface area contributed by atoms with Crippen LogP contribution in [0.1, 0.15) is 36.1 Å². The van der Waals surface area contributed by atoms with Crippen molar-refractivity contribution in [3.63, 3.8) is 0 Å². The van der Waals surface area contributed by atoms with Crippen molar-refractivity contribution in [1.82, 2.24) is 19.7 Å². The topological polar surface area (TPSA) is 77.3 Å². The zero-order valence-electron chi connectivity index (χ0n) is 15.8. The predicted molar refractivity (Wildman–Crippen MR) is 101 cm³/mol. The van der Waals surface area contributed by atoms with Gasteiger partial charge in [0.05, 0.1) is 31.4 Å². The molecular weight excluding hydrogens is 421 g/mol. The van der Waals surface area contributed by atoms with Crippen molar-refractivity contribution in [3.05, 3.63) is 54.1 Å². The molecule has 11 heteroatoms. The molecule has 0 saturated heterocycles. The van der Waals surface area contributed by atoms with E-state index < -0.39 is 18.6 Å². The molecule has 3 aromatic heterocycles. The van der Waals surface area contributed by atoms with Crippen LogP contribution in [0.15, 0.2) is 50.8 Å². The number of furan rings is 2. The zero-order chi connectivity index (χ0) is 21.1. The molecule has 1 amide bonds. The zero-order valence-corrected chi connectivity index (χ0v) is 16.7. The second-order valence-corrected chi connectivity index (χ2v) is 7.96. The van der Waals surface area contributed by atoms with Crippen molar-refractivity contribution in [3.8, 4) is 0 Å². The van der Waals surface area contributed by atoms with Gasteiger partial charge in [0.15, 0.2) is 5.16 Å². The first-order valence-corrected chi connectivity index (χ1v) is 10.3. The minimum absolute atomic E-state index is 0.197. The third-order valence-electron chi connectivity index (χ3n) is 4.56. The molecule has 0 unspecified atom stereocenters.